The van der Waals surface area contributed by atoms with Gasteiger partial charge >= 0.3 is 0 Å². The van der Waals surface area contributed by atoms with E-state index in [0.29, 0.717) is 24.7 Å². The van der Waals surface area contributed by atoms with Crippen molar-refractivity contribution in [2.75, 3.05) is 18.9 Å². The van der Waals surface area contributed by atoms with Crippen LogP contribution >= 0.6 is 15.9 Å². The van der Waals surface area contributed by atoms with E-state index in [1.807, 2.05) is 24.3 Å². The maximum Gasteiger partial charge on any atom is 0.145 e. The van der Waals surface area contributed by atoms with Crippen molar-refractivity contribution in [1.29, 1.82) is 0 Å². The number of halogens is 2. The molecule has 0 aromatic heterocycles. The van der Waals surface area contributed by atoms with Gasteiger partial charge in [-0.05, 0) is 30.3 Å². The molecule has 2 N–H and O–H groups in total. The van der Waals surface area contributed by atoms with Crippen molar-refractivity contribution >= 4 is 21.6 Å². The van der Waals surface area contributed by atoms with E-state index >= 15 is 0 Å². The molecule has 100 valence electrons. The molecule has 0 heterocycles. The first-order valence-electron chi connectivity index (χ1n) is 5.71. The van der Waals surface area contributed by atoms with Crippen LogP contribution in [0.5, 0.6) is 11.5 Å². The third kappa shape index (κ3) is 4.13. The number of nitrogen functional groups attached to an aromatic ring is 1. The molecule has 2 aromatic carbocycles. The van der Waals surface area contributed by atoms with Crippen LogP contribution in [0, 0.1) is 5.82 Å². The Morgan fingerprint density at radius 2 is 1.84 bits per heavy atom. The first-order valence-corrected chi connectivity index (χ1v) is 6.50. The Morgan fingerprint density at radius 3 is 2.63 bits per heavy atom. The topological polar surface area (TPSA) is 44.5 Å². The Hall–Kier alpha value is -1.75. The molecule has 0 amide bonds. The summed E-state index contributed by atoms with van der Waals surface area (Å²) in [7, 11) is 0. The van der Waals surface area contributed by atoms with Crippen LogP contribution in [-0.4, -0.2) is 13.2 Å². The number of hydrogen-bond acceptors (Lipinski definition) is 3. The Kier molecular flexibility index (Phi) is 4.63. The van der Waals surface area contributed by atoms with Gasteiger partial charge in [0.25, 0.3) is 0 Å². The third-order valence-electron chi connectivity index (χ3n) is 2.38. The molecule has 0 unspecified atom stereocenters. The van der Waals surface area contributed by atoms with E-state index < -0.39 is 0 Å². The lowest BCUT2D eigenvalue weighted by Gasteiger charge is -2.10. The van der Waals surface area contributed by atoms with Gasteiger partial charge in [0, 0.05) is 10.5 Å². The molecule has 2 rings (SSSR count). The van der Waals surface area contributed by atoms with Gasteiger partial charge in [0.2, 0.25) is 0 Å². The highest BCUT2D eigenvalue weighted by molar-refractivity contribution is 9.10. The SMILES string of the molecule is Nc1ccc(F)cc1OCCOc1cccc(Br)c1. The van der Waals surface area contributed by atoms with Gasteiger partial charge in [-0.1, -0.05) is 22.0 Å². The summed E-state index contributed by atoms with van der Waals surface area (Å²) in [6.45, 7) is 0.645. The molecule has 0 aliphatic rings. The fourth-order valence-electron chi connectivity index (χ4n) is 1.50. The molecule has 19 heavy (non-hydrogen) atoms. The fourth-order valence-corrected chi connectivity index (χ4v) is 1.88. The lowest BCUT2D eigenvalue weighted by atomic mass is 10.3. The first-order chi connectivity index (χ1) is 9.15. The van der Waals surface area contributed by atoms with Crippen LogP contribution < -0.4 is 15.2 Å². The minimum atomic E-state index is -0.378. The average Bonchev–Trinajstić information content (AvgIpc) is 2.39. The summed E-state index contributed by atoms with van der Waals surface area (Å²) in [5.41, 5.74) is 6.07. The Balaban J connectivity index is 1.82. The van der Waals surface area contributed by atoms with Crippen LogP contribution in [0.1, 0.15) is 0 Å². The normalized spacial score (nSPS) is 10.2. The van der Waals surface area contributed by atoms with Crippen molar-refractivity contribution in [3.05, 3.63) is 52.8 Å². The second kappa shape index (κ2) is 6.43. The van der Waals surface area contributed by atoms with Crippen LogP contribution in [0.3, 0.4) is 0 Å². The first kappa shape index (κ1) is 13.7. The van der Waals surface area contributed by atoms with E-state index in [4.69, 9.17) is 15.2 Å². The number of nitrogens with two attached hydrogens (primary N) is 1. The molecule has 0 radical (unpaired) electrons. The van der Waals surface area contributed by atoms with Gasteiger partial charge in [-0.25, -0.2) is 4.39 Å². The zero-order chi connectivity index (χ0) is 13.7. The average molecular weight is 326 g/mol. The number of hydrogen-bond donors (Lipinski definition) is 1. The zero-order valence-electron chi connectivity index (χ0n) is 10.1. The quantitative estimate of drug-likeness (QED) is 0.674. The maximum absolute atomic E-state index is 13.0. The predicted molar refractivity (Wildman–Crippen MR) is 75.9 cm³/mol. The van der Waals surface area contributed by atoms with Crippen LogP contribution in [0.25, 0.3) is 0 Å². The molecule has 0 saturated heterocycles. The van der Waals surface area contributed by atoms with E-state index in [1.165, 1.54) is 18.2 Å². The van der Waals surface area contributed by atoms with Gasteiger partial charge < -0.3 is 15.2 Å². The van der Waals surface area contributed by atoms with Gasteiger partial charge in [-0.15, -0.1) is 0 Å². The van der Waals surface area contributed by atoms with Crippen LogP contribution in [0.15, 0.2) is 46.9 Å². The molecular weight excluding hydrogens is 313 g/mol. The molecule has 0 bridgehead atoms. The molecule has 0 saturated carbocycles. The van der Waals surface area contributed by atoms with Gasteiger partial charge in [0.05, 0.1) is 5.69 Å². The predicted octanol–water partition coefficient (Wildman–Crippen LogP) is 3.63. The summed E-state index contributed by atoms with van der Waals surface area (Å²) in [6, 6.07) is 11.5. The van der Waals surface area contributed by atoms with Crippen molar-refractivity contribution in [3.63, 3.8) is 0 Å². The summed E-state index contributed by atoms with van der Waals surface area (Å²) < 4.78 is 24.8. The van der Waals surface area contributed by atoms with Gasteiger partial charge in [0.1, 0.15) is 30.5 Å². The summed E-state index contributed by atoms with van der Waals surface area (Å²) in [6.07, 6.45) is 0. The summed E-state index contributed by atoms with van der Waals surface area (Å²) in [5.74, 6) is 0.695. The van der Waals surface area contributed by atoms with E-state index in [-0.39, 0.29) is 5.82 Å². The minimum absolute atomic E-state index is 0.292. The van der Waals surface area contributed by atoms with Crippen molar-refractivity contribution in [2.45, 2.75) is 0 Å². The standard InChI is InChI=1S/C14H13BrFNO2/c15-10-2-1-3-12(8-10)18-6-7-19-14-9-11(16)4-5-13(14)17/h1-5,8-9H,6-7,17H2. The Morgan fingerprint density at radius 1 is 1.05 bits per heavy atom. The molecule has 0 spiro atoms. The van der Waals surface area contributed by atoms with Crippen LogP contribution in [0.4, 0.5) is 10.1 Å². The van der Waals surface area contributed by atoms with E-state index in [9.17, 15) is 4.39 Å². The Labute approximate surface area is 119 Å². The fraction of sp³-hybridized carbons (Fsp3) is 0.143. The summed E-state index contributed by atoms with van der Waals surface area (Å²) in [5, 5.41) is 0. The van der Waals surface area contributed by atoms with E-state index in [2.05, 4.69) is 15.9 Å². The second-order valence-electron chi connectivity index (χ2n) is 3.84. The van der Waals surface area contributed by atoms with Crippen molar-refractivity contribution in [1.82, 2.24) is 0 Å². The highest BCUT2D eigenvalue weighted by Gasteiger charge is 2.02. The molecule has 2 aromatic rings. The smallest absolute Gasteiger partial charge is 0.145 e. The number of ether oxygens (including phenoxy) is 2. The lowest BCUT2D eigenvalue weighted by molar-refractivity contribution is 0.217. The monoisotopic (exact) mass is 325 g/mol. The maximum atomic E-state index is 13.0. The van der Waals surface area contributed by atoms with Gasteiger partial charge in [0.15, 0.2) is 0 Å². The molecule has 0 atom stereocenters. The lowest BCUT2D eigenvalue weighted by Crippen LogP contribution is -2.10. The number of anilines is 1. The van der Waals surface area contributed by atoms with Crippen molar-refractivity contribution < 1.29 is 13.9 Å². The molecule has 5 heteroatoms. The van der Waals surface area contributed by atoms with E-state index in [0.717, 1.165) is 10.2 Å². The molecule has 0 fully saturated rings. The molecule has 0 aliphatic carbocycles. The number of benzene rings is 2. The third-order valence-corrected chi connectivity index (χ3v) is 2.87. The number of rotatable bonds is 5. The van der Waals surface area contributed by atoms with Gasteiger partial charge in [-0.2, -0.15) is 0 Å². The van der Waals surface area contributed by atoms with Gasteiger partial charge in [-0.3, -0.25) is 0 Å². The van der Waals surface area contributed by atoms with Crippen LogP contribution in [0.2, 0.25) is 0 Å². The summed E-state index contributed by atoms with van der Waals surface area (Å²) >= 11 is 3.36. The zero-order valence-corrected chi connectivity index (χ0v) is 11.7. The second-order valence-corrected chi connectivity index (χ2v) is 4.75. The van der Waals surface area contributed by atoms with Crippen LogP contribution in [-0.2, 0) is 0 Å². The van der Waals surface area contributed by atoms with E-state index in [1.54, 1.807) is 0 Å². The van der Waals surface area contributed by atoms with Crippen molar-refractivity contribution in [3.8, 4) is 11.5 Å². The molecule has 3 nitrogen and oxygen atoms in total. The molecular formula is C14H13BrFNO2. The highest BCUT2D eigenvalue weighted by Crippen LogP contribution is 2.22. The highest BCUT2D eigenvalue weighted by atomic mass is 79.9. The Bertz CT molecular complexity index is 563. The summed E-state index contributed by atoms with van der Waals surface area (Å²) in [4.78, 5) is 0. The largest absolute Gasteiger partial charge is 0.490 e. The molecule has 0 aliphatic heterocycles. The minimum Gasteiger partial charge on any atom is -0.490 e. The van der Waals surface area contributed by atoms with Crippen molar-refractivity contribution in [2.24, 2.45) is 0 Å².